The second-order valence-electron chi connectivity index (χ2n) is 3.25. The number of pyridine rings is 1. The van der Waals surface area contributed by atoms with Crippen molar-refractivity contribution in [3.63, 3.8) is 0 Å². The Bertz CT molecular complexity index is 469. The van der Waals surface area contributed by atoms with Crippen LogP contribution in [0.5, 0.6) is 0 Å². The summed E-state index contributed by atoms with van der Waals surface area (Å²) in [6.45, 7) is 0. The first-order chi connectivity index (χ1) is 8.81. The van der Waals surface area contributed by atoms with Gasteiger partial charge in [-0.2, -0.15) is 0 Å². The molecule has 98 valence electrons. The second kappa shape index (κ2) is 11.1. The van der Waals surface area contributed by atoms with Gasteiger partial charge in [0.2, 0.25) is 0 Å². The zero-order chi connectivity index (χ0) is 13.8. The molecule has 3 N–H and O–H groups in total. The summed E-state index contributed by atoms with van der Waals surface area (Å²) in [5.41, 5.74) is 6.70. The smallest absolute Gasteiger partial charge is 0.0702 e. The molecule has 0 bridgehead atoms. The van der Waals surface area contributed by atoms with Crippen LogP contribution in [-0.2, 0) is 0 Å². The van der Waals surface area contributed by atoms with Crippen LogP contribution in [0.2, 0.25) is 0 Å². The predicted octanol–water partition coefficient (Wildman–Crippen LogP) is 3.05. The van der Waals surface area contributed by atoms with Gasteiger partial charge in [-0.05, 0) is 49.0 Å². The lowest BCUT2D eigenvalue weighted by Gasteiger charge is -1.97. The molecule has 4 heteroatoms. The van der Waals surface area contributed by atoms with E-state index in [0.29, 0.717) is 0 Å². The van der Waals surface area contributed by atoms with Crippen molar-refractivity contribution in [2.75, 3.05) is 21.1 Å². The highest BCUT2D eigenvalue weighted by Crippen LogP contribution is 2.13. The first-order valence-electron chi connectivity index (χ1n) is 5.59. The SMILES string of the molecule is CN.CNC.I/C=C\c1cnc2ccccc2c1. The lowest BCUT2D eigenvalue weighted by Crippen LogP contribution is -1.89. The molecule has 0 aliphatic heterocycles. The van der Waals surface area contributed by atoms with E-state index in [0.717, 1.165) is 11.1 Å². The van der Waals surface area contributed by atoms with Crippen LogP contribution in [0, 0.1) is 0 Å². The lowest BCUT2D eigenvalue weighted by atomic mass is 10.2. The minimum atomic E-state index is 1.05. The van der Waals surface area contributed by atoms with E-state index in [-0.39, 0.29) is 0 Å². The summed E-state index contributed by atoms with van der Waals surface area (Å²) >= 11 is 2.21. The molecule has 0 radical (unpaired) electrons. The van der Waals surface area contributed by atoms with Crippen LogP contribution in [0.25, 0.3) is 17.0 Å². The average molecular weight is 357 g/mol. The quantitative estimate of drug-likeness (QED) is 0.772. The summed E-state index contributed by atoms with van der Waals surface area (Å²) in [6, 6.07) is 10.3. The molecule has 18 heavy (non-hydrogen) atoms. The Morgan fingerprint density at radius 1 is 1.22 bits per heavy atom. The fraction of sp³-hybridized carbons (Fsp3) is 0.214. The number of para-hydroxylation sites is 1. The van der Waals surface area contributed by atoms with Gasteiger partial charge in [0, 0.05) is 11.6 Å². The Morgan fingerprint density at radius 2 is 1.83 bits per heavy atom. The Morgan fingerprint density at radius 3 is 2.44 bits per heavy atom. The molecular formula is C14H20IN3. The molecule has 1 aromatic carbocycles. The normalized spacial score (nSPS) is 9.39. The van der Waals surface area contributed by atoms with Crippen LogP contribution in [0.15, 0.2) is 40.6 Å². The zero-order valence-corrected chi connectivity index (χ0v) is 13.2. The predicted molar refractivity (Wildman–Crippen MR) is 89.9 cm³/mol. The number of nitrogens with zero attached hydrogens (tertiary/aromatic N) is 1. The van der Waals surface area contributed by atoms with Crippen LogP contribution < -0.4 is 11.1 Å². The van der Waals surface area contributed by atoms with E-state index in [1.54, 1.807) is 0 Å². The van der Waals surface area contributed by atoms with Gasteiger partial charge in [0.15, 0.2) is 0 Å². The molecule has 2 aromatic rings. The molecule has 0 atom stereocenters. The molecule has 2 rings (SSSR count). The number of hydrogen-bond acceptors (Lipinski definition) is 3. The van der Waals surface area contributed by atoms with Crippen molar-refractivity contribution in [3.05, 3.63) is 46.2 Å². The van der Waals surface area contributed by atoms with E-state index in [1.807, 2.05) is 48.7 Å². The maximum absolute atomic E-state index is 4.50. The molecule has 0 spiro atoms. The van der Waals surface area contributed by atoms with Crippen molar-refractivity contribution in [3.8, 4) is 0 Å². The molecule has 3 nitrogen and oxygen atoms in total. The van der Waals surface area contributed by atoms with Crippen LogP contribution in [-0.4, -0.2) is 26.1 Å². The van der Waals surface area contributed by atoms with E-state index in [2.05, 4.69) is 50.8 Å². The summed E-state index contributed by atoms with van der Waals surface area (Å²) in [5.74, 6) is 0. The molecule has 0 unspecified atom stereocenters. The molecular weight excluding hydrogens is 337 g/mol. The first-order valence-corrected chi connectivity index (χ1v) is 6.84. The van der Waals surface area contributed by atoms with Gasteiger partial charge in [-0.15, -0.1) is 0 Å². The summed E-state index contributed by atoms with van der Waals surface area (Å²) in [7, 11) is 5.25. The average Bonchev–Trinajstić information content (AvgIpc) is 2.42. The van der Waals surface area contributed by atoms with Crippen molar-refractivity contribution < 1.29 is 0 Å². The minimum absolute atomic E-state index is 1.05. The maximum atomic E-state index is 4.50. The number of aromatic nitrogens is 1. The van der Waals surface area contributed by atoms with E-state index < -0.39 is 0 Å². The van der Waals surface area contributed by atoms with Gasteiger partial charge in [0.05, 0.1) is 5.52 Å². The molecule has 0 amide bonds. The highest BCUT2D eigenvalue weighted by atomic mass is 127. The standard InChI is InChI=1S/C11H8IN.C2H7N.CH5N/c12-6-5-9-7-10-3-1-2-4-11(10)13-8-9;1-3-2;1-2/h1-8H;3H,1-2H3;2H2,1H3/b6-5-;;. The topological polar surface area (TPSA) is 50.9 Å². The number of nitrogens with one attached hydrogen (secondary N) is 1. The van der Waals surface area contributed by atoms with E-state index >= 15 is 0 Å². The number of hydrogen-bond donors (Lipinski definition) is 2. The molecule has 0 saturated carbocycles. The fourth-order valence-electron chi connectivity index (χ4n) is 1.25. The summed E-state index contributed by atoms with van der Waals surface area (Å²) < 4.78 is 1.99. The first kappa shape index (κ1) is 17.0. The number of fused-ring (bicyclic) bond motifs is 1. The van der Waals surface area contributed by atoms with Gasteiger partial charge in [-0.1, -0.05) is 40.8 Å². The van der Waals surface area contributed by atoms with Crippen molar-refractivity contribution in [1.29, 1.82) is 0 Å². The molecule has 0 saturated heterocycles. The summed E-state index contributed by atoms with van der Waals surface area (Å²) in [4.78, 5) is 4.35. The molecule has 0 aliphatic rings. The third-order valence-corrected chi connectivity index (χ3v) is 2.23. The van der Waals surface area contributed by atoms with Crippen LogP contribution in [0.1, 0.15) is 5.56 Å². The summed E-state index contributed by atoms with van der Waals surface area (Å²) in [5, 5.41) is 3.94. The molecule has 0 aliphatic carbocycles. The molecule has 1 aromatic heterocycles. The third kappa shape index (κ3) is 6.09. The van der Waals surface area contributed by atoms with Crippen molar-refractivity contribution in [1.82, 2.24) is 10.3 Å². The number of halogens is 1. The Kier molecular flexibility index (Phi) is 10.5. The zero-order valence-electron chi connectivity index (χ0n) is 11.0. The Labute approximate surface area is 123 Å². The third-order valence-electron chi connectivity index (χ3n) is 1.87. The van der Waals surface area contributed by atoms with Gasteiger partial charge in [-0.25, -0.2) is 0 Å². The largest absolute Gasteiger partial charge is 0.333 e. The lowest BCUT2D eigenvalue weighted by molar-refractivity contribution is 1.02. The Hall–Kier alpha value is -0.980. The summed E-state index contributed by atoms with van der Waals surface area (Å²) in [6.07, 6.45) is 3.93. The van der Waals surface area contributed by atoms with E-state index in [9.17, 15) is 0 Å². The van der Waals surface area contributed by atoms with Crippen molar-refractivity contribution in [2.24, 2.45) is 5.73 Å². The van der Waals surface area contributed by atoms with E-state index in [4.69, 9.17) is 0 Å². The highest BCUT2D eigenvalue weighted by molar-refractivity contribution is 14.1. The van der Waals surface area contributed by atoms with E-state index in [1.165, 1.54) is 12.4 Å². The minimum Gasteiger partial charge on any atom is -0.333 e. The van der Waals surface area contributed by atoms with Gasteiger partial charge in [-0.3, -0.25) is 4.98 Å². The Balaban J connectivity index is 0.000000509. The van der Waals surface area contributed by atoms with Gasteiger partial charge in [0.1, 0.15) is 0 Å². The van der Waals surface area contributed by atoms with Crippen molar-refractivity contribution in [2.45, 2.75) is 0 Å². The number of nitrogens with two attached hydrogens (primary N) is 1. The fourth-order valence-corrected chi connectivity index (χ4v) is 1.67. The van der Waals surface area contributed by atoms with Crippen LogP contribution >= 0.6 is 22.6 Å². The van der Waals surface area contributed by atoms with Crippen LogP contribution in [0.4, 0.5) is 0 Å². The highest BCUT2D eigenvalue weighted by Gasteiger charge is 1.92. The molecule has 0 fully saturated rings. The second-order valence-corrected chi connectivity index (χ2v) is 3.97. The maximum Gasteiger partial charge on any atom is 0.0702 e. The molecule has 1 heterocycles. The van der Waals surface area contributed by atoms with Crippen LogP contribution in [0.3, 0.4) is 0 Å². The van der Waals surface area contributed by atoms with Gasteiger partial charge in [0.25, 0.3) is 0 Å². The van der Waals surface area contributed by atoms with Crippen molar-refractivity contribution >= 4 is 39.6 Å². The van der Waals surface area contributed by atoms with Gasteiger partial charge >= 0.3 is 0 Å². The van der Waals surface area contributed by atoms with Gasteiger partial charge < -0.3 is 11.1 Å². The number of rotatable bonds is 1. The monoisotopic (exact) mass is 357 g/mol. The number of benzene rings is 1.